The number of rotatable bonds is 10. The zero-order valence-electron chi connectivity index (χ0n) is 14.3. The summed E-state index contributed by atoms with van der Waals surface area (Å²) in [5.74, 6) is -1.00. The number of aryl methyl sites for hydroxylation is 1. The number of aromatic nitrogens is 1. The van der Waals surface area contributed by atoms with Crippen LogP contribution in [-0.4, -0.2) is 21.7 Å². The van der Waals surface area contributed by atoms with E-state index in [1.165, 1.54) is 25.7 Å². The van der Waals surface area contributed by atoms with Gasteiger partial charge in [0.1, 0.15) is 6.20 Å². The number of carbonyl (C=O) groups is 2. The zero-order valence-corrected chi connectivity index (χ0v) is 14.3. The first-order valence-electron chi connectivity index (χ1n) is 8.41. The Morgan fingerprint density at radius 3 is 2.42 bits per heavy atom. The fourth-order valence-corrected chi connectivity index (χ4v) is 2.35. The molecule has 0 atom stereocenters. The first kappa shape index (κ1) is 19.7. The summed E-state index contributed by atoms with van der Waals surface area (Å²) in [4.78, 5) is 37.8. The summed E-state index contributed by atoms with van der Waals surface area (Å²) in [5.41, 5.74) is 0.129. The van der Waals surface area contributed by atoms with Gasteiger partial charge in [-0.05, 0) is 13.3 Å². The molecule has 1 aromatic rings. The Balaban J connectivity index is 2.40. The smallest absolute Gasteiger partial charge is 0.288 e. The van der Waals surface area contributed by atoms with Crippen LogP contribution in [0.4, 0.5) is 5.69 Å². The lowest BCUT2D eigenvalue weighted by Gasteiger charge is -2.06. The van der Waals surface area contributed by atoms with E-state index in [1.54, 1.807) is 6.92 Å². The van der Waals surface area contributed by atoms with Gasteiger partial charge in [-0.25, -0.2) is 0 Å². The summed E-state index contributed by atoms with van der Waals surface area (Å²) >= 11 is 0. The minimum Gasteiger partial charge on any atom is -0.292 e. The van der Waals surface area contributed by atoms with Crippen molar-refractivity contribution < 1.29 is 14.5 Å². The van der Waals surface area contributed by atoms with Crippen molar-refractivity contribution in [2.24, 2.45) is 0 Å². The Kier molecular flexibility index (Phi) is 8.60. The SMILES string of the molecule is CCCCCCCCCC(=O)NC(=O)c1cc([N+](=O)[O-])cnc1C. The molecule has 1 rings (SSSR count). The van der Waals surface area contributed by atoms with Crippen molar-refractivity contribution in [1.29, 1.82) is 0 Å². The van der Waals surface area contributed by atoms with E-state index in [9.17, 15) is 19.7 Å². The molecule has 1 heterocycles. The largest absolute Gasteiger partial charge is 0.292 e. The molecular formula is C17H25N3O4. The number of carbonyl (C=O) groups excluding carboxylic acids is 2. The molecule has 0 radical (unpaired) electrons. The van der Waals surface area contributed by atoms with E-state index in [2.05, 4.69) is 17.2 Å². The fourth-order valence-electron chi connectivity index (χ4n) is 2.35. The van der Waals surface area contributed by atoms with E-state index >= 15 is 0 Å². The van der Waals surface area contributed by atoms with E-state index in [0.717, 1.165) is 31.5 Å². The predicted octanol–water partition coefficient (Wildman–Crippen LogP) is 3.70. The van der Waals surface area contributed by atoms with Gasteiger partial charge < -0.3 is 0 Å². The van der Waals surface area contributed by atoms with Crippen molar-refractivity contribution in [2.45, 2.75) is 65.2 Å². The highest BCUT2D eigenvalue weighted by atomic mass is 16.6. The van der Waals surface area contributed by atoms with E-state index in [1.807, 2.05) is 0 Å². The summed E-state index contributed by atoms with van der Waals surface area (Å²) < 4.78 is 0. The highest BCUT2D eigenvalue weighted by Gasteiger charge is 2.17. The molecule has 0 fully saturated rings. The molecule has 7 nitrogen and oxygen atoms in total. The number of unbranched alkanes of at least 4 members (excludes halogenated alkanes) is 6. The molecule has 0 aliphatic heterocycles. The Morgan fingerprint density at radius 1 is 1.17 bits per heavy atom. The highest BCUT2D eigenvalue weighted by Crippen LogP contribution is 2.15. The molecule has 7 heteroatoms. The van der Waals surface area contributed by atoms with Crippen LogP contribution in [-0.2, 0) is 4.79 Å². The number of hydrogen-bond acceptors (Lipinski definition) is 5. The molecule has 0 bridgehead atoms. The van der Waals surface area contributed by atoms with Gasteiger partial charge in [-0.2, -0.15) is 0 Å². The third-order valence-electron chi connectivity index (χ3n) is 3.79. The number of nitro groups is 1. The molecular weight excluding hydrogens is 310 g/mol. The molecule has 1 N–H and O–H groups in total. The molecule has 1 aromatic heterocycles. The van der Waals surface area contributed by atoms with Gasteiger partial charge in [0.25, 0.3) is 11.6 Å². The summed E-state index contributed by atoms with van der Waals surface area (Å²) in [5, 5.41) is 13.0. The predicted molar refractivity (Wildman–Crippen MR) is 90.7 cm³/mol. The van der Waals surface area contributed by atoms with Crippen LogP contribution in [0, 0.1) is 17.0 Å². The van der Waals surface area contributed by atoms with Gasteiger partial charge >= 0.3 is 0 Å². The fraction of sp³-hybridized carbons (Fsp3) is 0.588. The minimum absolute atomic E-state index is 0.0529. The summed E-state index contributed by atoms with van der Waals surface area (Å²) in [6.45, 7) is 3.74. The Hall–Kier alpha value is -2.31. The van der Waals surface area contributed by atoms with Crippen molar-refractivity contribution in [2.75, 3.05) is 0 Å². The third kappa shape index (κ3) is 6.85. The molecule has 0 aromatic carbocycles. The molecule has 24 heavy (non-hydrogen) atoms. The number of amides is 2. The lowest BCUT2D eigenvalue weighted by molar-refractivity contribution is -0.385. The van der Waals surface area contributed by atoms with Crippen LogP contribution in [0.2, 0.25) is 0 Å². The standard InChI is InChI=1S/C17H25N3O4/c1-3-4-5-6-7-8-9-10-16(21)19-17(22)15-11-14(20(23)24)12-18-13(15)2/h11-12H,3-10H2,1-2H3,(H,19,21,22). The molecule has 0 unspecified atom stereocenters. The van der Waals surface area contributed by atoms with Crippen molar-refractivity contribution >= 4 is 17.5 Å². The maximum absolute atomic E-state index is 12.1. The Bertz CT molecular complexity index is 587. The second-order valence-corrected chi connectivity index (χ2v) is 5.83. The molecule has 0 saturated carbocycles. The lowest BCUT2D eigenvalue weighted by atomic mass is 10.1. The van der Waals surface area contributed by atoms with Crippen LogP contribution in [0.3, 0.4) is 0 Å². The van der Waals surface area contributed by atoms with Gasteiger partial charge in [0.2, 0.25) is 5.91 Å². The summed E-state index contributed by atoms with van der Waals surface area (Å²) in [6.07, 6.45) is 9.00. The number of nitrogens with one attached hydrogen (secondary N) is 1. The number of nitrogens with zero attached hydrogens (tertiary/aromatic N) is 2. The second-order valence-electron chi connectivity index (χ2n) is 5.83. The number of imide groups is 1. The topological polar surface area (TPSA) is 102 Å². The first-order chi connectivity index (χ1) is 11.5. The maximum Gasteiger partial charge on any atom is 0.288 e. The Morgan fingerprint density at radius 2 is 1.79 bits per heavy atom. The first-order valence-corrected chi connectivity index (χ1v) is 8.41. The van der Waals surface area contributed by atoms with Crippen molar-refractivity contribution in [3.05, 3.63) is 33.6 Å². The van der Waals surface area contributed by atoms with Crippen molar-refractivity contribution in [1.82, 2.24) is 10.3 Å². The van der Waals surface area contributed by atoms with Gasteiger partial charge in [-0.3, -0.25) is 30.0 Å². The third-order valence-corrected chi connectivity index (χ3v) is 3.79. The molecule has 0 aliphatic carbocycles. The second kappa shape index (κ2) is 10.5. The molecule has 132 valence electrons. The average molecular weight is 335 g/mol. The van der Waals surface area contributed by atoms with Crippen LogP contribution in [0.1, 0.15) is 74.3 Å². The van der Waals surface area contributed by atoms with Gasteiger partial charge in [-0.15, -0.1) is 0 Å². The van der Waals surface area contributed by atoms with Crippen LogP contribution in [0.5, 0.6) is 0 Å². The summed E-state index contributed by atoms with van der Waals surface area (Å²) in [6, 6.07) is 1.14. The number of hydrogen-bond donors (Lipinski definition) is 1. The van der Waals surface area contributed by atoms with Gasteiger partial charge in [0.05, 0.1) is 16.2 Å². The van der Waals surface area contributed by atoms with Crippen LogP contribution in [0.15, 0.2) is 12.3 Å². The Labute approximate surface area is 142 Å². The van der Waals surface area contributed by atoms with Crippen molar-refractivity contribution in [3.63, 3.8) is 0 Å². The minimum atomic E-state index is -0.642. The maximum atomic E-state index is 12.1. The van der Waals surface area contributed by atoms with E-state index in [4.69, 9.17) is 0 Å². The molecule has 0 saturated heterocycles. The zero-order chi connectivity index (χ0) is 17.9. The van der Waals surface area contributed by atoms with Crippen LogP contribution < -0.4 is 5.32 Å². The van der Waals surface area contributed by atoms with E-state index < -0.39 is 10.8 Å². The van der Waals surface area contributed by atoms with Gasteiger partial charge in [0, 0.05) is 12.5 Å². The van der Waals surface area contributed by atoms with Gasteiger partial charge in [0.15, 0.2) is 0 Å². The molecule has 0 aliphatic rings. The highest BCUT2D eigenvalue weighted by molar-refractivity contribution is 6.05. The molecule has 2 amide bonds. The van der Waals surface area contributed by atoms with Crippen LogP contribution >= 0.6 is 0 Å². The molecule has 0 spiro atoms. The summed E-state index contributed by atoms with van der Waals surface area (Å²) in [7, 11) is 0. The normalized spacial score (nSPS) is 10.4. The van der Waals surface area contributed by atoms with Gasteiger partial charge in [-0.1, -0.05) is 45.4 Å². The van der Waals surface area contributed by atoms with E-state index in [-0.39, 0.29) is 23.6 Å². The monoisotopic (exact) mass is 335 g/mol. The number of pyridine rings is 1. The van der Waals surface area contributed by atoms with E-state index in [0.29, 0.717) is 5.69 Å². The van der Waals surface area contributed by atoms with Crippen molar-refractivity contribution in [3.8, 4) is 0 Å². The van der Waals surface area contributed by atoms with Crippen LogP contribution in [0.25, 0.3) is 0 Å². The quantitative estimate of drug-likeness (QED) is 0.399. The average Bonchev–Trinajstić information content (AvgIpc) is 2.54. The lowest BCUT2D eigenvalue weighted by Crippen LogP contribution is -2.31.